The summed E-state index contributed by atoms with van der Waals surface area (Å²) in [6.45, 7) is 0. The third-order valence-electron chi connectivity index (χ3n) is 2.92. The van der Waals surface area contributed by atoms with Gasteiger partial charge in [-0.05, 0) is 42.3 Å². The Hall–Kier alpha value is -1.82. The van der Waals surface area contributed by atoms with Crippen molar-refractivity contribution in [3.63, 3.8) is 0 Å². The van der Waals surface area contributed by atoms with Crippen LogP contribution < -0.4 is 10.0 Å². The second kappa shape index (κ2) is 7.26. The molecule has 2 nitrogen and oxygen atoms in total. The molecule has 0 fully saturated rings. The van der Waals surface area contributed by atoms with Crippen molar-refractivity contribution in [2.75, 3.05) is 22.8 Å². The van der Waals surface area contributed by atoms with Crippen LogP contribution in [0.15, 0.2) is 36.4 Å². The molecule has 0 saturated heterocycles. The van der Waals surface area contributed by atoms with Crippen LogP contribution in [-0.4, -0.2) is 12.8 Å². The highest BCUT2D eigenvalue weighted by Gasteiger charge is 2.05. The zero-order valence-electron chi connectivity index (χ0n) is 11.4. The summed E-state index contributed by atoms with van der Waals surface area (Å²) in [4.78, 5) is 0. The third kappa shape index (κ3) is 4.32. The minimum Gasteiger partial charge on any atom is -0.388 e. The van der Waals surface area contributed by atoms with Gasteiger partial charge in [-0.3, -0.25) is 0 Å². The highest BCUT2D eigenvalue weighted by atomic mass is 32.2. The topological polar surface area (TPSA) is 24.1 Å². The molecular weight excluding hydrogens is 297 g/mol. The highest BCUT2D eigenvalue weighted by Crippen LogP contribution is 2.19. The van der Waals surface area contributed by atoms with Gasteiger partial charge in [0.05, 0.1) is 0 Å². The molecule has 0 radical (unpaired) electrons. The van der Waals surface area contributed by atoms with Crippen LogP contribution in [0.4, 0.5) is 24.5 Å². The Balaban J connectivity index is 1.85. The fourth-order valence-electron chi connectivity index (χ4n) is 1.78. The summed E-state index contributed by atoms with van der Waals surface area (Å²) in [5, 5.41) is 2.96. The highest BCUT2D eigenvalue weighted by molar-refractivity contribution is 8.00. The molecule has 21 heavy (non-hydrogen) atoms. The summed E-state index contributed by atoms with van der Waals surface area (Å²) in [6, 6.07) is 8.46. The van der Waals surface area contributed by atoms with Crippen LogP contribution in [-0.2, 0) is 6.42 Å². The molecule has 112 valence electrons. The van der Waals surface area contributed by atoms with E-state index < -0.39 is 11.6 Å². The summed E-state index contributed by atoms with van der Waals surface area (Å²) in [7, 11) is 1.77. The first kappa shape index (κ1) is 15.6. The van der Waals surface area contributed by atoms with E-state index in [2.05, 4.69) is 10.0 Å². The van der Waals surface area contributed by atoms with Crippen LogP contribution in [0.5, 0.6) is 0 Å². The van der Waals surface area contributed by atoms with E-state index in [1.165, 1.54) is 24.1 Å². The van der Waals surface area contributed by atoms with E-state index >= 15 is 0 Å². The SMILES string of the molecule is CNc1ccc(F)c(CCSNc2ccc(F)c(F)c2)c1. The van der Waals surface area contributed by atoms with Crippen LogP contribution in [0.3, 0.4) is 0 Å². The van der Waals surface area contributed by atoms with Gasteiger partial charge in [-0.15, -0.1) is 0 Å². The monoisotopic (exact) mass is 312 g/mol. The van der Waals surface area contributed by atoms with Gasteiger partial charge in [-0.25, -0.2) is 13.2 Å². The molecule has 0 amide bonds. The van der Waals surface area contributed by atoms with Crippen molar-refractivity contribution < 1.29 is 13.2 Å². The lowest BCUT2D eigenvalue weighted by molar-refractivity contribution is 0.509. The molecule has 0 heterocycles. The molecular formula is C15H15F3N2S. The predicted molar refractivity (Wildman–Crippen MR) is 82.1 cm³/mol. The van der Waals surface area contributed by atoms with Crippen LogP contribution in [0.1, 0.15) is 5.56 Å². The van der Waals surface area contributed by atoms with E-state index in [-0.39, 0.29) is 5.82 Å². The van der Waals surface area contributed by atoms with Gasteiger partial charge < -0.3 is 10.0 Å². The minimum atomic E-state index is -0.895. The lowest BCUT2D eigenvalue weighted by Crippen LogP contribution is -1.98. The Bertz CT molecular complexity index is 620. The first-order chi connectivity index (χ1) is 10.1. The number of rotatable bonds is 6. The van der Waals surface area contributed by atoms with Gasteiger partial charge in [0.2, 0.25) is 0 Å². The summed E-state index contributed by atoms with van der Waals surface area (Å²) in [6.07, 6.45) is 0.530. The Labute approximate surface area is 125 Å². The second-order valence-electron chi connectivity index (χ2n) is 4.39. The molecule has 0 aliphatic rings. The predicted octanol–water partition coefficient (Wildman–Crippen LogP) is 4.45. The molecule has 0 aliphatic carbocycles. The smallest absolute Gasteiger partial charge is 0.160 e. The normalized spacial score (nSPS) is 10.5. The standard InChI is InChI=1S/C15H15F3N2S/c1-19-11-2-4-13(16)10(8-11)6-7-21-20-12-3-5-14(17)15(18)9-12/h2-5,8-9,19-20H,6-7H2,1H3. The second-order valence-corrected chi connectivity index (χ2v) is 5.29. The van der Waals surface area contributed by atoms with E-state index in [1.54, 1.807) is 19.2 Å². The molecule has 0 spiro atoms. The summed E-state index contributed by atoms with van der Waals surface area (Å²) in [5.41, 5.74) is 1.94. The van der Waals surface area contributed by atoms with Gasteiger partial charge in [0, 0.05) is 30.2 Å². The molecule has 2 aromatic rings. The average molecular weight is 312 g/mol. The molecule has 2 aromatic carbocycles. The van der Waals surface area contributed by atoms with Crippen molar-refractivity contribution in [3.05, 3.63) is 59.4 Å². The lowest BCUT2D eigenvalue weighted by Gasteiger charge is -2.08. The number of halogens is 3. The first-order valence-corrected chi connectivity index (χ1v) is 7.37. The number of nitrogens with one attached hydrogen (secondary N) is 2. The van der Waals surface area contributed by atoms with Crippen molar-refractivity contribution in [2.45, 2.75) is 6.42 Å². The van der Waals surface area contributed by atoms with Gasteiger partial charge in [0.25, 0.3) is 0 Å². The number of anilines is 2. The number of benzene rings is 2. The van der Waals surface area contributed by atoms with Gasteiger partial charge in [-0.1, -0.05) is 11.9 Å². The van der Waals surface area contributed by atoms with Gasteiger partial charge in [0.15, 0.2) is 11.6 Å². The molecule has 0 saturated carbocycles. The maximum Gasteiger partial charge on any atom is 0.160 e. The summed E-state index contributed by atoms with van der Waals surface area (Å²) in [5.74, 6) is -1.42. The summed E-state index contributed by atoms with van der Waals surface area (Å²) >= 11 is 1.31. The third-order valence-corrected chi connectivity index (χ3v) is 3.71. The van der Waals surface area contributed by atoms with Crippen molar-refractivity contribution in [2.24, 2.45) is 0 Å². The quantitative estimate of drug-likeness (QED) is 0.609. The molecule has 6 heteroatoms. The Kier molecular flexibility index (Phi) is 5.38. The van der Waals surface area contributed by atoms with Gasteiger partial charge in [-0.2, -0.15) is 0 Å². The molecule has 0 aromatic heterocycles. The fraction of sp³-hybridized carbons (Fsp3) is 0.200. The lowest BCUT2D eigenvalue weighted by atomic mass is 10.1. The first-order valence-electron chi connectivity index (χ1n) is 6.39. The van der Waals surface area contributed by atoms with Crippen LogP contribution in [0.25, 0.3) is 0 Å². The number of aryl methyl sites for hydroxylation is 1. The molecule has 0 atom stereocenters. The maximum absolute atomic E-state index is 13.6. The molecule has 0 bridgehead atoms. The van der Waals surface area contributed by atoms with E-state index in [9.17, 15) is 13.2 Å². The van der Waals surface area contributed by atoms with Crippen LogP contribution in [0, 0.1) is 17.5 Å². The fourth-order valence-corrected chi connectivity index (χ4v) is 2.49. The molecule has 2 N–H and O–H groups in total. The van der Waals surface area contributed by atoms with Crippen LogP contribution in [0.2, 0.25) is 0 Å². The zero-order valence-corrected chi connectivity index (χ0v) is 12.2. The van der Waals surface area contributed by atoms with E-state index in [4.69, 9.17) is 0 Å². The van der Waals surface area contributed by atoms with E-state index in [0.29, 0.717) is 23.4 Å². The van der Waals surface area contributed by atoms with E-state index in [0.717, 1.165) is 17.8 Å². The van der Waals surface area contributed by atoms with E-state index in [1.807, 2.05) is 0 Å². The maximum atomic E-state index is 13.6. The Morgan fingerprint density at radius 1 is 0.905 bits per heavy atom. The number of hydrogen-bond acceptors (Lipinski definition) is 3. The largest absolute Gasteiger partial charge is 0.388 e. The van der Waals surface area contributed by atoms with Crippen molar-refractivity contribution in [1.29, 1.82) is 0 Å². The average Bonchev–Trinajstić information content (AvgIpc) is 2.49. The van der Waals surface area contributed by atoms with Gasteiger partial charge in [0.1, 0.15) is 5.82 Å². The zero-order chi connectivity index (χ0) is 15.2. The summed E-state index contributed by atoms with van der Waals surface area (Å²) < 4.78 is 42.3. The Morgan fingerprint density at radius 2 is 1.62 bits per heavy atom. The Morgan fingerprint density at radius 3 is 2.33 bits per heavy atom. The van der Waals surface area contributed by atoms with Crippen molar-refractivity contribution >= 4 is 23.3 Å². The molecule has 2 rings (SSSR count). The van der Waals surface area contributed by atoms with Crippen LogP contribution >= 0.6 is 11.9 Å². The minimum absolute atomic E-state index is 0.248. The van der Waals surface area contributed by atoms with Crippen molar-refractivity contribution in [1.82, 2.24) is 0 Å². The number of hydrogen-bond donors (Lipinski definition) is 2. The van der Waals surface area contributed by atoms with Crippen molar-refractivity contribution in [3.8, 4) is 0 Å². The van der Waals surface area contributed by atoms with Gasteiger partial charge >= 0.3 is 0 Å². The molecule has 0 aliphatic heterocycles. The molecule has 0 unspecified atom stereocenters.